The van der Waals surface area contributed by atoms with E-state index in [4.69, 9.17) is 0 Å². The minimum Gasteiger partial charge on any atom is -0.407 e. The van der Waals surface area contributed by atoms with Crippen molar-refractivity contribution < 1.29 is 8.81 Å². The molecule has 1 rings (SSSR count). The number of hydrogen-bond donors (Lipinski definition) is 0. The molecule has 2 nitrogen and oxygen atoms in total. The maximum atomic E-state index is 12.4. The Hall–Kier alpha value is -0.380. The lowest BCUT2D eigenvalue weighted by Gasteiger charge is -2.13. The van der Waals surface area contributed by atoms with Gasteiger partial charge in [0.25, 0.3) is 0 Å². The number of aromatic nitrogens is 1. The van der Waals surface area contributed by atoms with Gasteiger partial charge in [-0.2, -0.15) is 4.98 Å². The van der Waals surface area contributed by atoms with Crippen LogP contribution < -0.4 is 0 Å². The van der Waals surface area contributed by atoms with Gasteiger partial charge in [-0.15, -0.1) is 4.39 Å². The van der Waals surface area contributed by atoms with Gasteiger partial charge in [0.15, 0.2) is 4.67 Å². The minimum atomic E-state index is -0.790. The zero-order valence-electron chi connectivity index (χ0n) is 6.61. The highest BCUT2D eigenvalue weighted by molar-refractivity contribution is 9.10. The van der Waals surface area contributed by atoms with Crippen LogP contribution in [0.4, 0.5) is 4.39 Å². The van der Waals surface area contributed by atoms with Gasteiger partial charge in [0.1, 0.15) is 5.69 Å². The molecule has 0 aliphatic carbocycles. The molecular formula is C7H9BrFNO. The number of oxazole rings is 1. The van der Waals surface area contributed by atoms with Gasteiger partial charge in [0.2, 0.25) is 0 Å². The van der Waals surface area contributed by atoms with E-state index in [1.807, 2.05) is 20.8 Å². The molecule has 0 aliphatic rings. The normalized spacial score (nSPS) is 12.1. The van der Waals surface area contributed by atoms with E-state index in [1.54, 1.807) is 0 Å². The number of halogens is 2. The molecule has 0 amide bonds. The van der Waals surface area contributed by atoms with Crippen molar-refractivity contribution in [3.63, 3.8) is 0 Å². The van der Waals surface area contributed by atoms with E-state index in [9.17, 15) is 4.39 Å². The first-order valence-electron chi connectivity index (χ1n) is 3.23. The third-order valence-electron chi connectivity index (χ3n) is 1.27. The zero-order chi connectivity index (χ0) is 8.65. The molecule has 0 spiro atoms. The van der Waals surface area contributed by atoms with E-state index in [-0.39, 0.29) is 5.41 Å². The fourth-order valence-electron chi connectivity index (χ4n) is 0.739. The number of nitrogens with zero attached hydrogens (tertiary/aromatic N) is 1. The maximum Gasteiger partial charge on any atom is 0.382 e. The molecule has 0 aliphatic heterocycles. The van der Waals surface area contributed by atoms with E-state index in [0.717, 1.165) is 0 Å². The van der Waals surface area contributed by atoms with Crippen molar-refractivity contribution in [2.45, 2.75) is 26.2 Å². The molecule has 0 radical (unpaired) electrons. The summed E-state index contributed by atoms with van der Waals surface area (Å²) in [5.41, 5.74) is 0.419. The lowest BCUT2D eigenvalue weighted by Crippen LogP contribution is -2.12. The summed E-state index contributed by atoms with van der Waals surface area (Å²) in [6.45, 7) is 5.82. The average molecular weight is 222 g/mol. The molecule has 0 bridgehead atoms. The average Bonchev–Trinajstić information content (AvgIpc) is 2.08. The van der Waals surface area contributed by atoms with Crippen LogP contribution in [0.3, 0.4) is 0 Å². The molecule has 0 saturated carbocycles. The Morgan fingerprint density at radius 2 is 2.00 bits per heavy atom. The van der Waals surface area contributed by atoms with Crippen LogP contribution in [0.1, 0.15) is 26.5 Å². The van der Waals surface area contributed by atoms with Crippen LogP contribution in [-0.2, 0) is 5.41 Å². The highest BCUT2D eigenvalue weighted by atomic mass is 79.9. The summed E-state index contributed by atoms with van der Waals surface area (Å²) >= 11 is 3.08. The Bertz CT molecular complexity index is 264. The Kier molecular flexibility index (Phi) is 2.05. The molecule has 0 saturated heterocycles. The third kappa shape index (κ3) is 1.80. The molecule has 0 aromatic carbocycles. The summed E-state index contributed by atoms with van der Waals surface area (Å²) in [7, 11) is 0. The summed E-state index contributed by atoms with van der Waals surface area (Å²) in [6.07, 6.45) is -0.790. The SMILES string of the molecule is CC(C)(C)c1nc(F)oc1Br. The predicted octanol–water partition coefficient (Wildman–Crippen LogP) is 2.87. The van der Waals surface area contributed by atoms with Crippen molar-refractivity contribution in [3.8, 4) is 0 Å². The predicted molar refractivity (Wildman–Crippen MR) is 42.9 cm³/mol. The van der Waals surface area contributed by atoms with Crippen LogP contribution in [0.2, 0.25) is 0 Å². The first-order valence-corrected chi connectivity index (χ1v) is 4.03. The molecule has 4 heteroatoms. The lowest BCUT2D eigenvalue weighted by atomic mass is 9.93. The van der Waals surface area contributed by atoms with E-state index in [2.05, 4.69) is 25.3 Å². The van der Waals surface area contributed by atoms with Gasteiger partial charge in [-0.1, -0.05) is 20.8 Å². The molecular weight excluding hydrogens is 213 g/mol. The van der Waals surface area contributed by atoms with Gasteiger partial charge in [0, 0.05) is 5.41 Å². The molecule has 0 fully saturated rings. The van der Waals surface area contributed by atoms with Crippen LogP contribution in [-0.4, -0.2) is 4.98 Å². The highest BCUT2D eigenvalue weighted by Crippen LogP contribution is 2.28. The van der Waals surface area contributed by atoms with Gasteiger partial charge in [-0.05, 0) is 15.9 Å². The van der Waals surface area contributed by atoms with Crippen molar-refractivity contribution in [3.05, 3.63) is 16.5 Å². The smallest absolute Gasteiger partial charge is 0.382 e. The van der Waals surface area contributed by atoms with Crippen LogP contribution in [0.15, 0.2) is 9.09 Å². The molecule has 11 heavy (non-hydrogen) atoms. The Morgan fingerprint density at radius 1 is 1.45 bits per heavy atom. The van der Waals surface area contributed by atoms with E-state index < -0.39 is 6.14 Å². The second-order valence-corrected chi connectivity index (χ2v) is 4.06. The number of hydrogen-bond acceptors (Lipinski definition) is 2. The van der Waals surface area contributed by atoms with Crippen molar-refractivity contribution in [1.29, 1.82) is 0 Å². The summed E-state index contributed by atoms with van der Waals surface area (Å²) in [6, 6.07) is 0. The minimum absolute atomic E-state index is 0.188. The zero-order valence-corrected chi connectivity index (χ0v) is 8.20. The molecule has 1 aromatic rings. The van der Waals surface area contributed by atoms with E-state index in [1.165, 1.54) is 0 Å². The summed E-state index contributed by atoms with van der Waals surface area (Å²) in [5.74, 6) is 0. The molecule has 62 valence electrons. The first-order chi connectivity index (χ1) is 4.91. The maximum absolute atomic E-state index is 12.4. The summed E-state index contributed by atoms with van der Waals surface area (Å²) in [4.78, 5) is 3.60. The molecule has 0 atom stereocenters. The van der Waals surface area contributed by atoms with Crippen molar-refractivity contribution >= 4 is 15.9 Å². The van der Waals surface area contributed by atoms with Crippen molar-refractivity contribution in [1.82, 2.24) is 4.98 Å². The quantitative estimate of drug-likeness (QED) is 0.674. The number of rotatable bonds is 0. The van der Waals surface area contributed by atoms with E-state index >= 15 is 0 Å². The third-order valence-corrected chi connectivity index (χ3v) is 1.81. The fourth-order valence-corrected chi connectivity index (χ4v) is 1.56. The summed E-state index contributed by atoms with van der Waals surface area (Å²) in [5, 5.41) is 0. The van der Waals surface area contributed by atoms with Gasteiger partial charge in [-0.3, -0.25) is 0 Å². The van der Waals surface area contributed by atoms with Gasteiger partial charge < -0.3 is 4.42 Å². The van der Waals surface area contributed by atoms with Crippen LogP contribution in [0.25, 0.3) is 0 Å². The Labute approximate surface area is 72.9 Å². The van der Waals surface area contributed by atoms with Gasteiger partial charge in [0.05, 0.1) is 0 Å². The topological polar surface area (TPSA) is 26.0 Å². The second-order valence-electron chi connectivity index (χ2n) is 3.34. The van der Waals surface area contributed by atoms with Crippen molar-refractivity contribution in [2.24, 2.45) is 0 Å². The Balaban J connectivity index is 3.13. The molecule has 1 aromatic heterocycles. The molecule has 0 N–H and O–H groups in total. The second kappa shape index (κ2) is 2.59. The fraction of sp³-hybridized carbons (Fsp3) is 0.571. The standard InChI is InChI=1S/C7H9BrFNO/c1-7(2,3)4-5(8)11-6(9)10-4/h1-3H3. The molecule has 1 heterocycles. The first kappa shape index (κ1) is 8.71. The summed E-state index contributed by atoms with van der Waals surface area (Å²) < 4.78 is 17.4. The van der Waals surface area contributed by atoms with E-state index in [0.29, 0.717) is 10.4 Å². The van der Waals surface area contributed by atoms with Gasteiger partial charge in [-0.25, -0.2) is 0 Å². The largest absolute Gasteiger partial charge is 0.407 e. The lowest BCUT2D eigenvalue weighted by molar-refractivity contribution is 0.325. The molecule has 0 unspecified atom stereocenters. The monoisotopic (exact) mass is 221 g/mol. The van der Waals surface area contributed by atoms with Crippen LogP contribution in [0, 0.1) is 6.14 Å². The van der Waals surface area contributed by atoms with Crippen LogP contribution in [0.5, 0.6) is 0 Å². The van der Waals surface area contributed by atoms with Gasteiger partial charge >= 0.3 is 6.14 Å². The van der Waals surface area contributed by atoms with Crippen LogP contribution >= 0.6 is 15.9 Å². The Morgan fingerprint density at radius 3 is 2.18 bits per heavy atom. The highest BCUT2D eigenvalue weighted by Gasteiger charge is 2.23. The van der Waals surface area contributed by atoms with Crippen molar-refractivity contribution in [2.75, 3.05) is 0 Å².